The summed E-state index contributed by atoms with van der Waals surface area (Å²) in [5, 5.41) is 1.97. The predicted molar refractivity (Wildman–Crippen MR) is 147 cm³/mol. The largest absolute Gasteiger partial charge is 0.488 e. The average molecular weight is 530 g/mol. The second-order valence-electron chi connectivity index (χ2n) is 10.7. The molecule has 0 radical (unpaired) electrons. The van der Waals surface area contributed by atoms with Crippen LogP contribution in [0.25, 0.3) is 17.2 Å². The van der Waals surface area contributed by atoms with Gasteiger partial charge in [-0.1, -0.05) is 36.4 Å². The first kappa shape index (κ1) is 25.0. The van der Waals surface area contributed by atoms with Crippen LogP contribution in [-0.2, 0) is 15.4 Å². The summed E-state index contributed by atoms with van der Waals surface area (Å²) in [4.78, 5) is 21.3. The monoisotopic (exact) mass is 529 g/mol. The number of carbonyl (C=O) groups is 1. The molecule has 0 N–H and O–H groups in total. The molecule has 0 saturated carbocycles. The summed E-state index contributed by atoms with van der Waals surface area (Å²) in [5.74, 6) is 0.581. The second kappa shape index (κ2) is 9.15. The van der Waals surface area contributed by atoms with Gasteiger partial charge in [0.25, 0.3) is 0 Å². The van der Waals surface area contributed by atoms with Crippen LogP contribution in [0.1, 0.15) is 34.3 Å². The number of ketones is 1. The van der Waals surface area contributed by atoms with Gasteiger partial charge in [-0.2, -0.15) is 0 Å². The van der Waals surface area contributed by atoms with Gasteiger partial charge in [-0.05, 0) is 73.9 Å². The van der Waals surface area contributed by atoms with E-state index in [1.54, 1.807) is 24.3 Å². The fourth-order valence-electron chi connectivity index (χ4n) is 5.76. The molecule has 3 heterocycles. The summed E-state index contributed by atoms with van der Waals surface area (Å²) in [6.45, 7) is 3.28. The maximum atomic E-state index is 13.8. The molecule has 0 bridgehead atoms. The molecule has 3 aliphatic heterocycles. The zero-order valence-corrected chi connectivity index (χ0v) is 22.7. The van der Waals surface area contributed by atoms with Crippen molar-refractivity contribution in [3.05, 3.63) is 81.9 Å². The molecule has 0 aromatic heterocycles. The lowest BCUT2D eigenvalue weighted by Crippen LogP contribution is -2.43. The first-order valence-electron chi connectivity index (χ1n) is 12.9. The van der Waals surface area contributed by atoms with Crippen molar-refractivity contribution in [1.82, 2.24) is 9.21 Å². The van der Waals surface area contributed by atoms with E-state index in [1.807, 2.05) is 30.3 Å². The Labute approximate surface area is 223 Å². The quantitative estimate of drug-likeness (QED) is 0.475. The summed E-state index contributed by atoms with van der Waals surface area (Å²) in [6, 6.07) is 16.3. The molecule has 3 aromatic rings. The number of fused-ring (bicyclic) bond motifs is 4. The molecule has 0 atom stereocenters. The van der Waals surface area contributed by atoms with E-state index in [2.05, 4.69) is 18.0 Å². The van der Waals surface area contributed by atoms with Crippen molar-refractivity contribution in [2.75, 3.05) is 47.4 Å². The van der Waals surface area contributed by atoms with Gasteiger partial charge in [-0.25, -0.2) is 12.7 Å². The average Bonchev–Trinajstić information content (AvgIpc) is 3.55. The van der Waals surface area contributed by atoms with Gasteiger partial charge in [-0.15, -0.1) is 0 Å². The Morgan fingerprint density at radius 2 is 1.63 bits per heavy atom. The van der Waals surface area contributed by atoms with Crippen molar-refractivity contribution in [3.8, 4) is 16.9 Å². The Morgan fingerprint density at radius 3 is 2.26 bits per heavy atom. The van der Waals surface area contributed by atoms with Gasteiger partial charge >= 0.3 is 0 Å². The van der Waals surface area contributed by atoms with E-state index in [-0.39, 0.29) is 16.1 Å². The number of hydrogen-bond acceptors (Lipinski definition) is 6. The fourth-order valence-corrected chi connectivity index (χ4v) is 6.66. The highest BCUT2D eigenvalue weighted by Crippen LogP contribution is 2.38. The van der Waals surface area contributed by atoms with Crippen LogP contribution in [0.3, 0.4) is 0 Å². The minimum absolute atomic E-state index is 0.00157. The van der Waals surface area contributed by atoms with Crippen LogP contribution >= 0.6 is 0 Å². The van der Waals surface area contributed by atoms with E-state index >= 15 is 0 Å². The van der Waals surface area contributed by atoms with Crippen molar-refractivity contribution in [3.63, 3.8) is 0 Å². The molecule has 1 spiro atoms. The SMILES string of the molecule is CN1CCC2(CC1)CN=c1c2cc(C(=O)c2ccc(-c3ccc(S(=O)(=O)N(C)C)cc3)cc2)c2c1=CCO2. The second-order valence-corrected chi connectivity index (χ2v) is 12.8. The molecule has 8 heteroatoms. The van der Waals surface area contributed by atoms with E-state index in [4.69, 9.17) is 9.73 Å². The molecule has 1 saturated heterocycles. The third-order valence-electron chi connectivity index (χ3n) is 8.22. The number of ether oxygens (including phenoxy) is 1. The van der Waals surface area contributed by atoms with Crippen LogP contribution < -0.4 is 15.3 Å². The first-order valence-corrected chi connectivity index (χ1v) is 14.3. The molecule has 0 unspecified atom stereocenters. The maximum absolute atomic E-state index is 13.8. The van der Waals surface area contributed by atoms with E-state index in [9.17, 15) is 13.2 Å². The van der Waals surface area contributed by atoms with Crippen LogP contribution in [0.15, 0.2) is 64.5 Å². The molecule has 6 rings (SSSR count). The maximum Gasteiger partial charge on any atom is 0.242 e. The Morgan fingerprint density at radius 1 is 1.00 bits per heavy atom. The van der Waals surface area contributed by atoms with Crippen molar-refractivity contribution < 1.29 is 17.9 Å². The Bertz CT molecular complexity index is 1650. The smallest absolute Gasteiger partial charge is 0.242 e. The number of nitrogens with zero attached hydrogens (tertiary/aromatic N) is 3. The third-order valence-corrected chi connectivity index (χ3v) is 10.0. The lowest BCUT2D eigenvalue weighted by Gasteiger charge is -2.38. The van der Waals surface area contributed by atoms with Crippen molar-refractivity contribution in [2.45, 2.75) is 23.2 Å². The lowest BCUT2D eigenvalue weighted by atomic mass is 9.73. The summed E-state index contributed by atoms with van der Waals surface area (Å²) in [5.41, 5.74) is 4.17. The van der Waals surface area contributed by atoms with Crippen molar-refractivity contribution >= 4 is 21.9 Å². The minimum Gasteiger partial charge on any atom is -0.488 e. The van der Waals surface area contributed by atoms with Gasteiger partial charge in [0.2, 0.25) is 10.0 Å². The standard InChI is InChI=1S/C30H31N3O4S/c1-32(2)38(35,36)23-10-8-21(9-11-23)20-4-6-22(7-5-20)28(34)25-18-26-27(24-12-17-37-29(24)25)31-19-30(26)13-15-33(3)16-14-30/h4-12,18H,13-17,19H2,1-3H3. The third kappa shape index (κ3) is 3.99. The van der Waals surface area contributed by atoms with Gasteiger partial charge in [0.15, 0.2) is 5.78 Å². The van der Waals surface area contributed by atoms with Gasteiger partial charge in [-0.3, -0.25) is 9.79 Å². The van der Waals surface area contributed by atoms with Crippen molar-refractivity contribution in [2.24, 2.45) is 4.99 Å². The number of sulfonamides is 1. The summed E-state index contributed by atoms with van der Waals surface area (Å²) in [6.07, 6.45) is 4.12. The predicted octanol–water partition coefficient (Wildman–Crippen LogP) is 2.60. The zero-order valence-electron chi connectivity index (χ0n) is 21.9. The highest BCUT2D eigenvalue weighted by molar-refractivity contribution is 7.89. The van der Waals surface area contributed by atoms with E-state index in [1.165, 1.54) is 24.0 Å². The normalized spacial score (nSPS) is 18.0. The molecule has 196 valence electrons. The van der Waals surface area contributed by atoms with Gasteiger partial charge in [0.05, 0.1) is 15.8 Å². The highest BCUT2D eigenvalue weighted by atomic mass is 32.2. The first-order chi connectivity index (χ1) is 18.2. The summed E-state index contributed by atoms with van der Waals surface area (Å²) >= 11 is 0. The Kier molecular flexibility index (Phi) is 6.01. The number of likely N-dealkylation sites (tertiary alicyclic amines) is 1. The number of piperidine rings is 1. The minimum atomic E-state index is -3.48. The summed E-state index contributed by atoms with van der Waals surface area (Å²) in [7, 11) is 1.70. The van der Waals surface area contributed by atoms with Crippen LogP contribution in [-0.4, -0.2) is 70.8 Å². The van der Waals surface area contributed by atoms with Gasteiger partial charge in [0, 0.05) is 36.8 Å². The van der Waals surface area contributed by atoms with E-state index in [0.717, 1.165) is 54.2 Å². The molecule has 1 fully saturated rings. The molecule has 0 aliphatic carbocycles. The molecule has 0 amide bonds. The van der Waals surface area contributed by atoms with Crippen LogP contribution in [0.4, 0.5) is 0 Å². The van der Waals surface area contributed by atoms with E-state index in [0.29, 0.717) is 23.5 Å². The fraction of sp³-hybridized carbons (Fsp3) is 0.333. The number of hydrogen-bond donors (Lipinski definition) is 0. The number of benzene rings is 3. The van der Waals surface area contributed by atoms with Crippen LogP contribution in [0, 0.1) is 0 Å². The molecule has 38 heavy (non-hydrogen) atoms. The molecular weight excluding hydrogens is 498 g/mol. The molecule has 3 aromatic carbocycles. The molecule has 7 nitrogen and oxygen atoms in total. The topological polar surface area (TPSA) is 79.3 Å². The van der Waals surface area contributed by atoms with Crippen LogP contribution in [0.2, 0.25) is 0 Å². The summed E-state index contributed by atoms with van der Waals surface area (Å²) < 4.78 is 31.9. The van der Waals surface area contributed by atoms with Crippen LogP contribution in [0.5, 0.6) is 5.75 Å². The highest BCUT2D eigenvalue weighted by Gasteiger charge is 2.41. The Balaban J connectivity index is 1.32. The number of rotatable bonds is 5. The van der Waals surface area contributed by atoms with Gasteiger partial charge in [0.1, 0.15) is 12.4 Å². The van der Waals surface area contributed by atoms with E-state index < -0.39 is 10.0 Å². The molecular formula is C30H31N3O4S. The Hall–Kier alpha value is -3.33. The number of carbonyl (C=O) groups excluding carboxylic acids is 1. The molecule has 3 aliphatic rings. The lowest BCUT2D eigenvalue weighted by molar-refractivity contribution is 0.103. The zero-order chi connectivity index (χ0) is 26.7. The van der Waals surface area contributed by atoms with Gasteiger partial charge < -0.3 is 9.64 Å². The van der Waals surface area contributed by atoms with Crippen molar-refractivity contribution in [1.29, 1.82) is 0 Å².